The second-order valence-electron chi connectivity index (χ2n) is 7.51. The molecule has 0 aromatic heterocycles. The Morgan fingerprint density at radius 3 is 2.29 bits per heavy atom. The summed E-state index contributed by atoms with van der Waals surface area (Å²) in [5, 5.41) is 5.41. The van der Waals surface area contributed by atoms with E-state index in [9.17, 15) is 14.4 Å². The molecule has 0 bridgehead atoms. The van der Waals surface area contributed by atoms with Crippen molar-refractivity contribution in [2.75, 3.05) is 24.4 Å². The van der Waals surface area contributed by atoms with E-state index in [0.29, 0.717) is 5.69 Å². The van der Waals surface area contributed by atoms with Gasteiger partial charge in [0.1, 0.15) is 5.75 Å². The molecule has 0 saturated heterocycles. The van der Waals surface area contributed by atoms with Crippen molar-refractivity contribution in [3.05, 3.63) is 95.1 Å². The maximum absolute atomic E-state index is 12.6. The van der Waals surface area contributed by atoms with E-state index in [1.807, 2.05) is 38.1 Å². The SMILES string of the molecule is COc1ccc(/C=C/C(=O)Nc2ccccc2C(=O)OCC(=O)Nc2cccc(C)c2C)cc1. The fraction of sp³-hybridized carbons (Fsp3) is 0.148. The lowest BCUT2D eigenvalue weighted by molar-refractivity contribution is -0.119. The van der Waals surface area contributed by atoms with Crippen molar-refractivity contribution < 1.29 is 23.9 Å². The van der Waals surface area contributed by atoms with Gasteiger partial charge >= 0.3 is 5.97 Å². The van der Waals surface area contributed by atoms with Crippen molar-refractivity contribution in [1.82, 2.24) is 0 Å². The average Bonchev–Trinajstić information content (AvgIpc) is 2.84. The summed E-state index contributed by atoms with van der Waals surface area (Å²) >= 11 is 0. The number of esters is 1. The molecule has 3 aromatic rings. The summed E-state index contributed by atoms with van der Waals surface area (Å²) in [6.45, 7) is 3.40. The number of rotatable bonds is 8. The van der Waals surface area contributed by atoms with E-state index in [-0.39, 0.29) is 11.3 Å². The van der Waals surface area contributed by atoms with E-state index < -0.39 is 24.4 Å². The summed E-state index contributed by atoms with van der Waals surface area (Å²) < 4.78 is 10.3. The highest BCUT2D eigenvalue weighted by Crippen LogP contribution is 2.19. The van der Waals surface area contributed by atoms with Gasteiger partial charge < -0.3 is 20.1 Å². The normalized spacial score (nSPS) is 10.6. The van der Waals surface area contributed by atoms with Gasteiger partial charge in [-0.15, -0.1) is 0 Å². The van der Waals surface area contributed by atoms with Crippen molar-refractivity contribution in [2.24, 2.45) is 0 Å². The van der Waals surface area contributed by atoms with Crippen LogP contribution in [0.5, 0.6) is 5.75 Å². The Kier molecular flexibility index (Phi) is 8.18. The molecule has 34 heavy (non-hydrogen) atoms. The predicted molar refractivity (Wildman–Crippen MR) is 132 cm³/mol. The lowest BCUT2D eigenvalue weighted by Gasteiger charge is -2.12. The minimum Gasteiger partial charge on any atom is -0.497 e. The summed E-state index contributed by atoms with van der Waals surface area (Å²) in [5.74, 6) is -0.863. The van der Waals surface area contributed by atoms with Gasteiger partial charge in [0.15, 0.2) is 6.61 Å². The topological polar surface area (TPSA) is 93.7 Å². The van der Waals surface area contributed by atoms with Crippen molar-refractivity contribution in [3.8, 4) is 5.75 Å². The number of carbonyl (C=O) groups is 3. The minimum atomic E-state index is -0.717. The number of nitrogens with one attached hydrogen (secondary N) is 2. The second kappa shape index (κ2) is 11.5. The Morgan fingerprint density at radius 1 is 0.853 bits per heavy atom. The van der Waals surface area contributed by atoms with Gasteiger partial charge in [0.25, 0.3) is 5.91 Å². The maximum Gasteiger partial charge on any atom is 0.340 e. The molecule has 0 atom stereocenters. The van der Waals surface area contributed by atoms with Crippen LogP contribution in [0.3, 0.4) is 0 Å². The fourth-order valence-electron chi connectivity index (χ4n) is 3.11. The first-order valence-corrected chi connectivity index (χ1v) is 10.6. The summed E-state index contributed by atoms with van der Waals surface area (Å²) in [4.78, 5) is 37.2. The molecule has 3 aromatic carbocycles. The third kappa shape index (κ3) is 6.56. The van der Waals surface area contributed by atoms with Crippen molar-refractivity contribution in [1.29, 1.82) is 0 Å². The number of ether oxygens (including phenoxy) is 2. The smallest absolute Gasteiger partial charge is 0.340 e. The third-order valence-corrected chi connectivity index (χ3v) is 5.16. The summed E-state index contributed by atoms with van der Waals surface area (Å²) in [5.41, 5.74) is 3.90. The number of hydrogen-bond donors (Lipinski definition) is 2. The Labute approximate surface area is 198 Å². The van der Waals surface area contributed by atoms with Crippen LogP contribution in [0.2, 0.25) is 0 Å². The van der Waals surface area contributed by atoms with Crippen LogP contribution >= 0.6 is 0 Å². The van der Waals surface area contributed by atoms with Crippen molar-refractivity contribution in [2.45, 2.75) is 13.8 Å². The molecule has 0 radical (unpaired) electrons. The van der Waals surface area contributed by atoms with E-state index in [1.54, 1.807) is 49.6 Å². The molecule has 2 N–H and O–H groups in total. The number of benzene rings is 3. The third-order valence-electron chi connectivity index (χ3n) is 5.16. The number of aryl methyl sites for hydroxylation is 1. The molecule has 0 aliphatic heterocycles. The van der Waals surface area contributed by atoms with Crippen LogP contribution in [-0.4, -0.2) is 31.5 Å². The van der Waals surface area contributed by atoms with Crippen LogP contribution in [0.25, 0.3) is 6.08 Å². The summed E-state index contributed by atoms with van der Waals surface area (Å²) in [6, 6.07) is 19.2. The lowest BCUT2D eigenvalue weighted by Crippen LogP contribution is -2.22. The summed E-state index contributed by atoms with van der Waals surface area (Å²) in [7, 11) is 1.58. The molecule has 0 unspecified atom stereocenters. The number of para-hydroxylation sites is 1. The Balaban J connectivity index is 1.59. The van der Waals surface area contributed by atoms with E-state index in [0.717, 1.165) is 22.4 Å². The monoisotopic (exact) mass is 458 g/mol. The van der Waals surface area contributed by atoms with Gasteiger partial charge in [0, 0.05) is 11.8 Å². The molecule has 0 heterocycles. The zero-order valence-corrected chi connectivity index (χ0v) is 19.3. The molecule has 0 spiro atoms. The van der Waals surface area contributed by atoms with Crippen LogP contribution in [-0.2, 0) is 14.3 Å². The number of amides is 2. The van der Waals surface area contributed by atoms with Gasteiger partial charge in [0.05, 0.1) is 18.4 Å². The van der Waals surface area contributed by atoms with E-state index >= 15 is 0 Å². The standard InChI is InChI=1S/C27H26N2O5/c1-18-7-6-10-23(19(18)2)28-26(31)17-34-27(32)22-8-4-5-9-24(22)29-25(30)16-13-20-11-14-21(33-3)15-12-20/h4-16H,17H2,1-3H3,(H,28,31)(H,29,30)/b16-13+. The van der Waals surface area contributed by atoms with E-state index in [2.05, 4.69) is 10.6 Å². The first-order chi connectivity index (χ1) is 16.4. The van der Waals surface area contributed by atoms with Gasteiger partial charge in [-0.2, -0.15) is 0 Å². The highest BCUT2D eigenvalue weighted by atomic mass is 16.5. The minimum absolute atomic E-state index is 0.147. The van der Waals surface area contributed by atoms with Gasteiger partial charge in [-0.1, -0.05) is 36.4 Å². The number of methoxy groups -OCH3 is 1. The average molecular weight is 459 g/mol. The molecule has 7 heteroatoms. The molecular weight excluding hydrogens is 432 g/mol. The van der Waals surface area contributed by atoms with Gasteiger partial charge in [0.2, 0.25) is 5.91 Å². The van der Waals surface area contributed by atoms with Crippen molar-refractivity contribution >= 4 is 35.2 Å². The molecular formula is C27H26N2O5. The van der Waals surface area contributed by atoms with E-state index in [4.69, 9.17) is 9.47 Å². The van der Waals surface area contributed by atoms with E-state index in [1.165, 1.54) is 12.1 Å². The van der Waals surface area contributed by atoms with Crippen LogP contribution in [0.4, 0.5) is 11.4 Å². The Bertz CT molecular complexity index is 1220. The number of carbonyl (C=O) groups excluding carboxylic acids is 3. The molecule has 0 fully saturated rings. The maximum atomic E-state index is 12.6. The zero-order valence-electron chi connectivity index (χ0n) is 19.3. The molecule has 3 rings (SSSR count). The highest BCUT2D eigenvalue weighted by Gasteiger charge is 2.16. The summed E-state index contributed by atoms with van der Waals surface area (Å²) in [6.07, 6.45) is 3.01. The largest absolute Gasteiger partial charge is 0.497 e. The Morgan fingerprint density at radius 2 is 1.56 bits per heavy atom. The fourth-order valence-corrected chi connectivity index (χ4v) is 3.11. The lowest BCUT2D eigenvalue weighted by atomic mass is 10.1. The number of anilines is 2. The Hall–Kier alpha value is -4.39. The predicted octanol–water partition coefficient (Wildman–Crippen LogP) is 4.76. The van der Waals surface area contributed by atoms with Gasteiger partial charge in [-0.25, -0.2) is 4.79 Å². The first kappa shape index (κ1) is 24.3. The number of hydrogen-bond acceptors (Lipinski definition) is 5. The van der Waals surface area contributed by atoms with Gasteiger partial charge in [-0.3, -0.25) is 9.59 Å². The van der Waals surface area contributed by atoms with Crippen molar-refractivity contribution in [3.63, 3.8) is 0 Å². The first-order valence-electron chi connectivity index (χ1n) is 10.6. The molecule has 0 saturated carbocycles. The molecule has 0 aliphatic carbocycles. The molecule has 174 valence electrons. The van der Waals surface area contributed by atoms with Gasteiger partial charge in [-0.05, 0) is 66.9 Å². The zero-order chi connectivity index (χ0) is 24.5. The van der Waals surface area contributed by atoms with Crippen LogP contribution in [0, 0.1) is 13.8 Å². The molecule has 2 amide bonds. The highest BCUT2D eigenvalue weighted by molar-refractivity contribution is 6.06. The van der Waals surface area contributed by atoms with Crippen LogP contribution in [0.15, 0.2) is 72.8 Å². The van der Waals surface area contributed by atoms with Crippen LogP contribution < -0.4 is 15.4 Å². The molecule has 0 aliphatic rings. The molecule has 7 nitrogen and oxygen atoms in total. The van der Waals surface area contributed by atoms with Crippen LogP contribution in [0.1, 0.15) is 27.0 Å². The second-order valence-corrected chi connectivity index (χ2v) is 7.51. The quantitative estimate of drug-likeness (QED) is 0.375.